The maximum atomic E-state index is 5.39. The number of nitrogens with one attached hydrogen (secondary N) is 1. The highest BCUT2D eigenvalue weighted by Gasteiger charge is 2.20. The van der Waals surface area contributed by atoms with E-state index in [1.165, 1.54) is 24.1 Å². The molecule has 1 heterocycles. The largest absolute Gasteiger partial charge is 0.382 e. The summed E-state index contributed by atoms with van der Waals surface area (Å²) in [6.07, 6.45) is 2.36. The van der Waals surface area contributed by atoms with Crippen LogP contribution in [-0.2, 0) is 4.74 Å². The van der Waals surface area contributed by atoms with Crippen LogP contribution < -0.4 is 5.32 Å². The zero-order chi connectivity index (χ0) is 11.4. The van der Waals surface area contributed by atoms with Gasteiger partial charge < -0.3 is 10.1 Å². The van der Waals surface area contributed by atoms with Crippen LogP contribution in [0.3, 0.4) is 0 Å². The predicted molar refractivity (Wildman–Crippen MR) is 67.8 cm³/mol. The summed E-state index contributed by atoms with van der Waals surface area (Å²) in [5.41, 5.74) is 2.54. The molecule has 1 aliphatic heterocycles. The van der Waals surface area contributed by atoms with Crippen LogP contribution in [0.2, 0.25) is 0 Å². The molecule has 0 amide bonds. The van der Waals surface area contributed by atoms with Crippen LogP contribution in [0.15, 0.2) is 24.3 Å². The summed E-state index contributed by atoms with van der Waals surface area (Å²) < 4.78 is 5.39. The van der Waals surface area contributed by atoms with Crippen molar-refractivity contribution in [2.45, 2.75) is 32.7 Å². The predicted octanol–water partition coefficient (Wildman–Crippen LogP) is 3.22. The van der Waals surface area contributed by atoms with Gasteiger partial charge in [0.05, 0.1) is 0 Å². The van der Waals surface area contributed by atoms with Gasteiger partial charge in [0, 0.05) is 24.9 Å². The van der Waals surface area contributed by atoms with Crippen LogP contribution >= 0.6 is 0 Å². The molecule has 1 atom stereocenters. The topological polar surface area (TPSA) is 21.3 Å². The maximum absolute atomic E-state index is 5.39. The van der Waals surface area contributed by atoms with E-state index in [1.807, 2.05) is 0 Å². The highest BCUT2D eigenvalue weighted by atomic mass is 16.5. The van der Waals surface area contributed by atoms with Gasteiger partial charge >= 0.3 is 0 Å². The Morgan fingerprint density at radius 1 is 1.31 bits per heavy atom. The van der Waals surface area contributed by atoms with Crippen molar-refractivity contribution in [1.82, 2.24) is 0 Å². The Morgan fingerprint density at radius 3 is 2.75 bits per heavy atom. The van der Waals surface area contributed by atoms with Crippen molar-refractivity contribution in [2.75, 3.05) is 18.5 Å². The number of ether oxygens (including phenoxy) is 1. The second kappa shape index (κ2) is 5.35. The molecular weight excluding hydrogens is 198 g/mol. The average molecular weight is 219 g/mol. The Labute approximate surface area is 98.0 Å². The second-order valence-electron chi connectivity index (χ2n) is 4.75. The normalized spacial score (nSPS) is 19.4. The monoisotopic (exact) mass is 219 g/mol. The van der Waals surface area contributed by atoms with Gasteiger partial charge in [-0.05, 0) is 50.3 Å². The van der Waals surface area contributed by atoms with Gasteiger partial charge in [0.25, 0.3) is 0 Å². The molecule has 0 aromatic heterocycles. The van der Waals surface area contributed by atoms with Crippen LogP contribution in [0, 0.1) is 12.8 Å². The molecule has 0 bridgehead atoms. The Kier molecular flexibility index (Phi) is 3.83. The SMILES string of the molecule is Cc1cccc(NC(C)C2CCOCC2)c1. The average Bonchev–Trinajstić information content (AvgIpc) is 2.30. The molecule has 1 saturated heterocycles. The van der Waals surface area contributed by atoms with Gasteiger partial charge in [-0.25, -0.2) is 0 Å². The minimum Gasteiger partial charge on any atom is -0.382 e. The fraction of sp³-hybridized carbons (Fsp3) is 0.571. The molecule has 0 spiro atoms. The molecule has 2 rings (SSSR count). The third-order valence-electron chi connectivity index (χ3n) is 3.39. The zero-order valence-electron chi connectivity index (χ0n) is 10.2. The van der Waals surface area contributed by atoms with Crippen molar-refractivity contribution in [3.8, 4) is 0 Å². The molecule has 16 heavy (non-hydrogen) atoms. The van der Waals surface area contributed by atoms with Crippen LogP contribution in [0.4, 0.5) is 5.69 Å². The number of benzene rings is 1. The quantitative estimate of drug-likeness (QED) is 0.842. The summed E-state index contributed by atoms with van der Waals surface area (Å²) in [5.74, 6) is 0.745. The Bertz CT molecular complexity index is 331. The molecule has 1 fully saturated rings. The number of aryl methyl sites for hydroxylation is 1. The minimum absolute atomic E-state index is 0.533. The molecule has 1 N–H and O–H groups in total. The standard InChI is InChI=1S/C14H21NO/c1-11-4-3-5-14(10-11)15-12(2)13-6-8-16-9-7-13/h3-5,10,12-13,15H,6-9H2,1-2H3. The highest BCUT2D eigenvalue weighted by molar-refractivity contribution is 5.46. The summed E-state index contributed by atoms with van der Waals surface area (Å²) in [6, 6.07) is 9.11. The fourth-order valence-corrected chi connectivity index (χ4v) is 2.33. The lowest BCUT2D eigenvalue weighted by Crippen LogP contribution is -2.30. The first-order valence-electron chi connectivity index (χ1n) is 6.16. The second-order valence-corrected chi connectivity index (χ2v) is 4.75. The maximum Gasteiger partial charge on any atom is 0.0469 e. The first-order valence-corrected chi connectivity index (χ1v) is 6.16. The molecule has 0 saturated carbocycles. The lowest BCUT2D eigenvalue weighted by atomic mass is 9.93. The van der Waals surface area contributed by atoms with E-state index in [4.69, 9.17) is 4.74 Å². The Morgan fingerprint density at radius 2 is 2.06 bits per heavy atom. The molecule has 2 heteroatoms. The molecule has 1 aliphatic rings. The zero-order valence-corrected chi connectivity index (χ0v) is 10.2. The van der Waals surface area contributed by atoms with E-state index in [0.29, 0.717) is 6.04 Å². The summed E-state index contributed by atoms with van der Waals surface area (Å²) in [5, 5.41) is 3.60. The van der Waals surface area contributed by atoms with E-state index in [9.17, 15) is 0 Å². The molecule has 1 aromatic rings. The van der Waals surface area contributed by atoms with Gasteiger partial charge in [-0.2, -0.15) is 0 Å². The highest BCUT2D eigenvalue weighted by Crippen LogP contribution is 2.22. The number of hydrogen-bond acceptors (Lipinski definition) is 2. The van der Waals surface area contributed by atoms with Gasteiger partial charge in [-0.1, -0.05) is 12.1 Å². The Hall–Kier alpha value is -1.02. The molecule has 1 unspecified atom stereocenters. The molecule has 0 aliphatic carbocycles. The summed E-state index contributed by atoms with van der Waals surface area (Å²) >= 11 is 0. The van der Waals surface area contributed by atoms with Crippen molar-refractivity contribution in [3.05, 3.63) is 29.8 Å². The van der Waals surface area contributed by atoms with Gasteiger partial charge in [0.2, 0.25) is 0 Å². The Balaban J connectivity index is 1.93. The van der Waals surface area contributed by atoms with Crippen LogP contribution in [0.25, 0.3) is 0 Å². The number of rotatable bonds is 3. The van der Waals surface area contributed by atoms with E-state index < -0.39 is 0 Å². The van der Waals surface area contributed by atoms with E-state index in [1.54, 1.807) is 0 Å². The van der Waals surface area contributed by atoms with Crippen molar-refractivity contribution in [3.63, 3.8) is 0 Å². The summed E-state index contributed by atoms with van der Waals surface area (Å²) in [6.45, 7) is 6.25. The third kappa shape index (κ3) is 2.99. The molecule has 1 aromatic carbocycles. The van der Waals surface area contributed by atoms with Crippen LogP contribution in [0.1, 0.15) is 25.3 Å². The first kappa shape index (κ1) is 11.5. The van der Waals surface area contributed by atoms with Gasteiger partial charge in [-0.3, -0.25) is 0 Å². The smallest absolute Gasteiger partial charge is 0.0469 e. The van der Waals surface area contributed by atoms with Gasteiger partial charge in [-0.15, -0.1) is 0 Å². The lowest BCUT2D eigenvalue weighted by Gasteiger charge is -2.29. The van der Waals surface area contributed by atoms with Crippen molar-refractivity contribution in [2.24, 2.45) is 5.92 Å². The number of anilines is 1. The van der Waals surface area contributed by atoms with E-state index in [2.05, 4.69) is 43.4 Å². The summed E-state index contributed by atoms with van der Waals surface area (Å²) in [7, 11) is 0. The third-order valence-corrected chi connectivity index (χ3v) is 3.39. The molecule has 0 radical (unpaired) electrons. The fourth-order valence-electron chi connectivity index (χ4n) is 2.33. The van der Waals surface area contributed by atoms with E-state index in [-0.39, 0.29) is 0 Å². The lowest BCUT2D eigenvalue weighted by molar-refractivity contribution is 0.0622. The van der Waals surface area contributed by atoms with Crippen LogP contribution in [-0.4, -0.2) is 19.3 Å². The number of hydrogen-bond donors (Lipinski definition) is 1. The minimum atomic E-state index is 0.533. The molecule has 2 nitrogen and oxygen atoms in total. The van der Waals surface area contributed by atoms with E-state index in [0.717, 1.165) is 19.1 Å². The van der Waals surface area contributed by atoms with Crippen molar-refractivity contribution < 1.29 is 4.74 Å². The van der Waals surface area contributed by atoms with Gasteiger partial charge in [0.15, 0.2) is 0 Å². The van der Waals surface area contributed by atoms with Crippen LogP contribution in [0.5, 0.6) is 0 Å². The van der Waals surface area contributed by atoms with Gasteiger partial charge in [0.1, 0.15) is 0 Å². The molecular formula is C14H21NO. The van der Waals surface area contributed by atoms with Crippen molar-refractivity contribution in [1.29, 1.82) is 0 Å². The molecule has 88 valence electrons. The summed E-state index contributed by atoms with van der Waals surface area (Å²) in [4.78, 5) is 0. The van der Waals surface area contributed by atoms with Crippen molar-refractivity contribution >= 4 is 5.69 Å². The first-order chi connectivity index (χ1) is 7.75. The van der Waals surface area contributed by atoms with E-state index >= 15 is 0 Å².